The minimum atomic E-state index is -1.80. The summed E-state index contributed by atoms with van der Waals surface area (Å²) in [6, 6.07) is -0.143. The topological polar surface area (TPSA) is 194 Å². The summed E-state index contributed by atoms with van der Waals surface area (Å²) in [5.41, 5.74) is -4.37. The number of ether oxygens (including phenoxy) is 8. The third-order valence-corrected chi connectivity index (χ3v) is 14.3. The van der Waals surface area contributed by atoms with Gasteiger partial charge in [-0.1, -0.05) is 20.8 Å². The number of amidine groups is 1. The van der Waals surface area contributed by atoms with Crippen LogP contribution in [0.1, 0.15) is 94.9 Å². The van der Waals surface area contributed by atoms with Crippen LogP contribution < -0.4 is 0 Å². The first kappa shape index (κ1) is 50.3. The highest BCUT2D eigenvalue weighted by Crippen LogP contribution is 2.41. The quantitative estimate of drug-likeness (QED) is 0.246. The van der Waals surface area contributed by atoms with Crippen LogP contribution in [0.15, 0.2) is 4.99 Å². The second-order valence-electron chi connectivity index (χ2n) is 19.5. The lowest BCUT2D eigenvalue weighted by Gasteiger charge is -2.48. The molecule has 0 aromatic rings. The van der Waals surface area contributed by atoms with E-state index < -0.39 is 96.0 Å². The van der Waals surface area contributed by atoms with Crippen molar-refractivity contribution in [2.75, 3.05) is 67.1 Å². The van der Waals surface area contributed by atoms with E-state index >= 15 is 0 Å². The van der Waals surface area contributed by atoms with Gasteiger partial charge in [-0.3, -0.25) is 9.69 Å². The number of esters is 1. The second kappa shape index (κ2) is 20.6. The average Bonchev–Trinajstić information content (AvgIpc) is 3.52. The van der Waals surface area contributed by atoms with Crippen molar-refractivity contribution in [3.63, 3.8) is 0 Å². The number of aliphatic imine (C=N–C) groups is 1. The Hall–Kier alpha value is -1.74. The van der Waals surface area contributed by atoms with Gasteiger partial charge >= 0.3 is 5.97 Å². The highest BCUT2D eigenvalue weighted by Gasteiger charge is 2.55. The standard InChI is InChI=1S/C44H80N4O13/c1-14-32-44(10,53)36(49)29(6)46(11)24-25(2)22-42(8,52)38(27(4)34(28(5)39(51)58-32)59-33-23-43(9,54-13)37(50)30(7)57-33)61-40-35-31(21-26(3)56-40)47(12)41(60-35)45-15-16-48-17-19-55-20-18-48/h25-38,40,49-50,52-53H,14-24H2,1-13H3/t25-,26-,27+,28-,29-,30+,31+,32-,33+,34+,35-,36-,37+,38-,40+,42-,43-,44-/m1/s1. The van der Waals surface area contributed by atoms with E-state index in [9.17, 15) is 25.2 Å². The van der Waals surface area contributed by atoms with Gasteiger partial charge in [0.05, 0.1) is 67.3 Å². The predicted molar refractivity (Wildman–Crippen MR) is 227 cm³/mol. The van der Waals surface area contributed by atoms with Crippen molar-refractivity contribution < 1.29 is 63.1 Å². The first-order valence-electron chi connectivity index (χ1n) is 22.7. The maximum absolute atomic E-state index is 14.4. The van der Waals surface area contributed by atoms with Crippen LogP contribution in [-0.2, 0) is 42.7 Å². The summed E-state index contributed by atoms with van der Waals surface area (Å²) in [5.74, 6) is -2.53. The molecular formula is C44H80N4O13. The maximum Gasteiger partial charge on any atom is 0.311 e. The lowest BCUT2D eigenvalue weighted by Crippen LogP contribution is -2.60. The SMILES string of the molecule is CC[C@H]1OC(=O)[C@H](C)[C@@H](O[C@H]2C[C@@](C)(OC)[C@@H](O)[C@H](C)O2)[C@H](C)[C@@H](O[C@@H]2O[C@H](C)C[C@H]3[C@H]2OC(=NCCN2CCOCC2)N3C)[C@](C)(O)C[C@@H](C)CN(C)[C@H](C)[C@@H](O)[C@]1(C)O. The van der Waals surface area contributed by atoms with Crippen LogP contribution >= 0.6 is 0 Å². The van der Waals surface area contributed by atoms with Gasteiger partial charge in [-0.25, -0.2) is 4.99 Å². The third kappa shape index (κ3) is 11.4. The summed E-state index contributed by atoms with van der Waals surface area (Å²) in [4.78, 5) is 25.6. The summed E-state index contributed by atoms with van der Waals surface area (Å²) in [6.07, 6.45) is -7.33. The van der Waals surface area contributed by atoms with Gasteiger partial charge in [0.25, 0.3) is 6.02 Å². The molecule has 17 heteroatoms. The summed E-state index contributed by atoms with van der Waals surface area (Å²) in [5, 5.41) is 47.3. The van der Waals surface area contributed by atoms with Crippen LogP contribution in [0.5, 0.6) is 0 Å². The van der Waals surface area contributed by atoms with E-state index in [0.29, 0.717) is 38.7 Å². The van der Waals surface area contributed by atoms with Gasteiger partial charge in [-0.05, 0) is 80.7 Å². The van der Waals surface area contributed by atoms with E-state index in [2.05, 4.69) is 9.80 Å². The number of fused-ring (bicyclic) bond motifs is 1. The highest BCUT2D eigenvalue weighted by atomic mass is 16.7. The zero-order valence-corrected chi connectivity index (χ0v) is 39.2. The molecule has 5 heterocycles. The van der Waals surface area contributed by atoms with Gasteiger partial charge in [0, 0.05) is 58.7 Å². The number of nitrogens with zero attached hydrogens (tertiary/aromatic N) is 4. The fourth-order valence-corrected chi connectivity index (χ4v) is 10.3. The molecule has 5 saturated heterocycles. The van der Waals surface area contributed by atoms with E-state index in [1.54, 1.807) is 34.6 Å². The van der Waals surface area contributed by atoms with Gasteiger partial charge in [-0.2, -0.15) is 0 Å². The highest BCUT2D eigenvalue weighted by molar-refractivity contribution is 5.76. The summed E-state index contributed by atoms with van der Waals surface area (Å²) >= 11 is 0. The number of methoxy groups -OCH3 is 1. The molecule has 5 rings (SSSR count). The third-order valence-electron chi connectivity index (χ3n) is 14.3. The molecule has 0 unspecified atom stereocenters. The predicted octanol–water partition coefficient (Wildman–Crippen LogP) is 2.00. The summed E-state index contributed by atoms with van der Waals surface area (Å²) < 4.78 is 50.7. The number of aliphatic hydroxyl groups is 4. The molecule has 5 aliphatic rings. The number of aliphatic hydroxyl groups excluding tert-OH is 2. The molecule has 18 atom stereocenters. The van der Waals surface area contributed by atoms with E-state index in [0.717, 1.165) is 19.6 Å². The number of hydrogen-bond acceptors (Lipinski definition) is 16. The Morgan fingerprint density at radius 2 is 1.59 bits per heavy atom. The number of rotatable bonds is 9. The monoisotopic (exact) mass is 873 g/mol. The molecule has 0 aromatic carbocycles. The fraction of sp³-hybridized carbons (Fsp3) is 0.955. The van der Waals surface area contributed by atoms with Crippen molar-refractivity contribution in [1.82, 2.24) is 14.7 Å². The van der Waals surface area contributed by atoms with Gasteiger partial charge in [-0.15, -0.1) is 0 Å². The van der Waals surface area contributed by atoms with Crippen molar-refractivity contribution in [2.24, 2.45) is 22.7 Å². The maximum atomic E-state index is 14.4. The normalized spacial score (nSPS) is 47.3. The minimum absolute atomic E-state index is 0.117. The van der Waals surface area contributed by atoms with Gasteiger partial charge < -0.3 is 68.1 Å². The Morgan fingerprint density at radius 1 is 0.918 bits per heavy atom. The van der Waals surface area contributed by atoms with Gasteiger partial charge in [0.1, 0.15) is 23.9 Å². The first-order valence-corrected chi connectivity index (χ1v) is 22.7. The van der Waals surface area contributed by atoms with E-state index in [-0.39, 0.29) is 37.3 Å². The van der Waals surface area contributed by atoms with Crippen molar-refractivity contribution in [2.45, 2.75) is 185 Å². The van der Waals surface area contributed by atoms with Gasteiger partial charge in [0.15, 0.2) is 18.7 Å². The molecule has 5 aliphatic heterocycles. The summed E-state index contributed by atoms with van der Waals surface area (Å²) in [6.45, 7) is 22.9. The van der Waals surface area contributed by atoms with Crippen LogP contribution in [0.25, 0.3) is 0 Å². The number of hydrogen-bond donors (Lipinski definition) is 4. The minimum Gasteiger partial charge on any atom is -0.459 e. The van der Waals surface area contributed by atoms with Crippen LogP contribution in [0.2, 0.25) is 0 Å². The molecule has 5 fully saturated rings. The van der Waals surface area contributed by atoms with Crippen molar-refractivity contribution in [3.05, 3.63) is 0 Å². The molecule has 61 heavy (non-hydrogen) atoms. The molecule has 0 aromatic heterocycles. The molecule has 354 valence electrons. The second-order valence-corrected chi connectivity index (χ2v) is 19.5. The lowest BCUT2D eigenvalue weighted by atomic mass is 9.77. The molecule has 0 aliphatic carbocycles. The molecule has 17 nitrogen and oxygen atoms in total. The van der Waals surface area contributed by atoms with Crippen LogP contribution in [0, 0.1) is 17.8 Å². The first-order chi connectivity index (χ1) is 28.5. The molecular weight excluding hydrogens is 792 g/mol. The van der Waals surface area contributed by atoms with Crippen molar-refractivity contribution >= 4 is 12.0 Å². The Balaban J connectivity index is 1.53. The fourth-order valence-electron chi connectivity index (χ4n) is 10.3. The molecule has 0 spiro atoms. The number of carbonyl (C=O) groups excluding carboxylic acids is 1. The molecule has 0 saturated carbocycles. The Bertz CT molecular complexity index is 1450. The molecule has 4 N–H and O–H groups in total. The summed E-state index contributed by atoms with van der Waals surface area (Å²) in [7, 11) is 5.36. The number of likely N-dealkylation sites (N-methyl/N-ethyl adjacent to an activating group) is 2. The molecule has 0 amide bonds. The molecule has 0 radical (unpaired) electrons. The Morgan fingerprint density at radius 3 is 2.23 bits per heavy atom. The number of cyclic esters (lactones) is 1. The van der Waals surface area contributed by atoms with E-state index in [1.807, 2.05) is 46.7 Å². The van der Waals surface area contributed by atoms with Crippen LogP contribution in [-0.4, -0.2) is 205 Å². The number of carbonyl (C=O) groups is 1. The Kier molecular flexibility index (Phi) is 17.0. The van der Waals surface area contributed by atoms with Crippen molar-refractivity contribution in [1.29, 1.82) is 0 Å². The largest absolute Gasteiger partial charge is 0.459 e. The molecule has 0 bridgehead atoms. The van der Waals surface area contributed by atoms with Gasteiger partial charge in [0.2, 0.25) is 0 Å². The zero-order valence-electron chi connectivity index (χ0n) is 39.2. The van der Waals surface area contributed by atoms with Crippen LogP contribution in [0.3, 0.4) is 0 Å². The van der Waals surface area contributed by atoms with E-state index in [1.165, 1.54) is 14.0 Å². The van der Waals surface area contributed by atoms with E-state index in [4.69, 9.17) is 42.9 Å². The van der Waals surface area contributed by atoms with Crippen LogP contribution in [0.4, 0.5) is 0 Å². The lowest BCUT2D eigenvalue weighted by molar-refractivity contribution is -0.313. The zero-order chi connectivity index (χ0) is 45.2. The average molecular weight is 873 g/mol. The Labute approximate surface area is 364 Å². The van der Waals surface area contributed by atoms with Crippen molar-refractivity contribution in [3.8, 4) is 0 Å². The smallest absolute Gasteiger partial charge is 0.311 e. The number of morpholine rings is 1.